The number of hydrogen-bond acceptors (Lipinski definition) is 3. The molecule has 0 aliphatic carbocycles. The molecule has 1 aliphatic heterocycles. The summed E-state index contributed by atoms with van der Waals surface area (Å²) in [5.74, 6) is -0.119. The Bertz CT molecular complexity index is 145. The van der Waals surface area contributed by atoms with Crippen LogP contribution in [-0.2, 0) is 4.79 Å². The van der Waals surface area contributed by atoms with Crippen LogP contribution in [-0.4, -0.2) is 22.7 Å². The standard InChI is InChI=1S/C4H7N3OS.H2O/c5-2-1-3(8)7-4(9)6-2;/h2H,1,5H2,(H2,6,7,8,9);1H2. The van der Waals surface area contributed by atoms with Crippen molar-refractivity contribution in [3.05, 3.63) is 0 Å². The second kappa shape index (κ2) is 3.45. The molecule has 0 aromatic carbocycles. The van der Waals surface area contributed by atoms with E-state index in [2.05, 4.69) is 22.9 Å². The fourth-order valence-corrected chi connectivity index (χ4v) is 0.898. The largest absolute Gasteiger partial charge is 0.412 e. The normalized spacial score (nSPS) is 24.3. The Morgan fingerprint density at radius 2 is 2.30 bits per heavy atom. The first-order chi connectivity index (χ1) is 4.18. The summed E-state index contributed by atoms with van der Waals surface area (Å²) in [6, 6.07) is 0. The second-order valence-corrected chi connectivity index (χ2v) is 2.24. The van der Waals surface area contributed by atoms with Gasteiger partial charge in [0.2, 0.25) is 5.91 Å². The van der Waals surface area contributed by atoms with Crippen molar-refractivity contribution < 1.29 is 10.3 Å². The predicted octanol–water partition coefficient (Wildman–Crippen LogP) is -2.16. The van der Waals surface area contributed by atoms with Crippen molar-refractivity contribution in [1.82, 2.24) is 10.6 Å². The maximum atomic E-state index is 10.6. The van der Waals surface area contributed by atoms with Crippen molar-refractivity contribution in [2.45, 2.75) is 12.6 Å². The Kier molecular flexibility index (Phi) is 3.20. The lowest BCUT2D eigenvalue weighted by Gasteiger charge is -2.20. The summed E-state index contributed by atoms with van der Waals surface area (Å²) >= 11 is 4.64. The van der Waals surface area contributed by atoms with Crippen LogP contribution in [0.2, 0.25) is 0 Å². The third kappa shape index (κ3) is 2.26. The molecule has 1 rings (SSSR count). The van der Waals surface area contributed by atoms with Crippen molar-refractivity contribution in [1.29, 1.82) is 0 Å². The van der Waals surface area contributed by atoms with Crippen LogP contribution in [0.15, 0.2) is 0 Å². The van der Waals surface area contributed by atoms with Crippen LogP contribution in [0.3, 0.4) is 0 Å². The van der Waals surface area contributed by atoms with Gasteiger partial charge >= 0.3 is 0 Å². The first kappa shape index (κ1) is 9.28. The van der Waals surface area contributed by atoms with Crippen LogP contribution in [0.4, 0.5) is 0 Å². The summed E-state index contributed by atoms with van der Waals surface area (Å²) in [6.45, 7) is 0. The van der Waals surface area contributed by atoms with Crippen molar-refractivity contribution in [3.8, 4) is 0 Å². The lowest BCUT2D eigenvalue weighted by molar-refractivity contribution is -0.120. The molecule has 1 unspecified atom stereocenters. The Balaban J connectivity index is 0.000000810. The van der Waals surface area contributed by atoms with Crippen LogP contribution in [0.25, 0.3) is 0 Å². The minimum Gasteiger partial charge on any atom is -0.412 e. The molecule has 1 aliphatic rings. The minimum atomic E-state index is -0.314. The van der Waals surface area contributed by atoms with E-state index < -0.39 is 0 Å². The van der Waals surface area contributed by atoms with Gasteiger partial charge in [-0.3, -0.25) is 4.79 Å². The maximum absolute atomic E-state index is 10.6. The molecule has 5 nitrogen and oxygen atoms in total. The second-order valence-electron chi connectivity index (χ2n) is 1.83. The van der Waals surface area contributed by atoms with Crippen molar-refractivity contribution in [3.63, 3.8) is 0 Å². The highest BCUT2D eigenvalue weighted by Crippen LogP contribution is 1.89. The van der Waals surface area contributed by atoms with E-state index in [-0.39, 0.29) is 17.5 Å². The molecule has 58 valence electrons. The zero-order valence-corrected chi connectivity index (χ0v) is 5.99. The quantitative estimate of drug-likeness (QED) is 0.354. The van der Waals surface area contributed by atoms with E-state index in [1.165, 1.54) is 0 Å². The van der Waals surface area contributed by atoms with E-state index in [9.17, 15) is 4.79 Å². The first-order valence-electron chi connectivity index (χ1n) is 2.54. The molecule has 0 spiro atoms. The molecule has 1 heterocycles. The van der Waals surface area contributed by atoms with Gasteiger partial charge in [0.15, 0.2) is 5.11 Å². The summed E-state index contributed by atoms with van der Waals surface area (Å²) in [4.78, 5) is 10.6. The van der Waals surface area contributed by atoms with Crippen LogP contribution < -0.4 is 16.4 Å². The summed E-state index contributed by atoms with van der Waals surface area (Å²) < 4.78 is 0. The van der Waals surface area contributed by atoms with E-state index in [4.69, 9.17) is 5.73 Å². The first-order valence-corrected chi connectivity index (χ1v) is 2.95. The SMILES string of the molecule is NC1CC(=O)NC(=S)N1.O. The average molecular weight is 163 g/mol. The van der Waals surface area contributed by atoms with Crippen LogP contribution in [0, 0.1) is 0 Å². The van der Waals surface area contributed by atoms with E-state index in [1.54, 1.807) is 0 Å². The number of thiocarbonyl (C=S) groups is 1. The van der Waals surface area contributed by atoms with E-state index >= 15 is 0 Å². The van der Waals surface area contributed by atoms with Gasteiger partial charge in [-0.2, -0.15) is 0 Å². The number of carbonyl (C=O) groups excluding carboxylic acids is 1. The molecular formula is C4H9N3O2S. The highest BCUT2D eigenvalue weighted by atomic mass is 32.1. The van der Waals surface area contributed by atoms with E-state index in [1.807, 2.05) is 0 Å². The zero-order chi connectivity index (χ0) is 6.85. The van der Waals surface area contributed by atoms with Crippen LogP contribution in [0.5, 0.6) is 0 Å². The minimum absolute atomic E-state index is 0. The van der Waals surface area contributed by atoms with Crippen molar-refractivity contribution in [2.75, 3.05) is 0 Å². The number of nitrogens with one attached hydrogen (secondary N) is 2. The van der Waals surface area contributed by atoms with Gasteiger partial charge in [0.05, 0.1) is 12.6 Å². The number of rotatable bonds is 0. The summed E-state index contributed by atoms with van der Waals surface area (Å²) in [5, 5.41) is 5.42. The molecule has 0 bridgehead atoms. The number of carbonyl (C=O) groups is 1. The van der Waals surface area contributed by atoms with Crippen LogP contribution in [0.1, 0.15) is 6.42 Å². The van der Waals surface area contributed by atoms with Gasteiger partial charge in [-0.25, -0.2) is 0 Å². The van der Waals surface area contributed by atoms with Gasteiger partial charge in [0.1, 0.15) is 0 Å². The fraction of sp³-hybridized carbons (Fsp3) is 0.500. The van der Waals surface area contributed by atoms with E-state index in [0.717, 1.165) is 0 Å². The average Bonchev–Trinajstić information content (AvgIpc) is 1.59. The highest BCUT2D eigenvalue weighted by molar-refractivity contribution is 7.80. The fourth-order valence-electron chi connectivity index (χ4n) is 0.633. The topological polar surface area (TPSA) is 98.7 Å². The molecule has 1 atom stereocenters. The molecule has 1 amide bonds. The third-order valence-corrected chi connectivity index (χ3v) is 1.19. The van der Waals surface area contributed by atoms with Gasteiger partial charge in [-0.1, -0.05) is 0 Å². The summed E-state index contributed by atoms with van der Waals surface area (Å²) in [6.07, 6.45) is -0.0219. The monoisotopic (exact) mass is 163 g/mol. The van der Waals surface area contributed by atoms with Crippen LogP contribution >= 0.6 is 12.2 Å². The zero-order valence-electron chi connectivity index (χ0n) is 5.18. The molecule has 10 heavy (non-hydrogen) atoms. The molecule has 6 N–H and O–H groups in total. The Hall–Kier alpha value is -0.720. The van der Waals surface area contributed by atoms with Crippen molar-refractivity contribution >= 4 is 23.2 Å². The molecule has 1 saturated heterocycles. The number of nitrogens with two attached hydrogens (primary N) is 1. The molecular weight excluding hydrogens is 154 g/mol. The molecule has 6 heteroatoms. The van der Waals surface area contributed by atoms with Gasteiger partial charge in [-0.05, 0) is 12.2 Å². The lowest BCUT2D eigenvalue weighted by Crippen LogP contribution is -2.55. The number of hydrogen-bond donors (Lipinski definition) is 3. The molecule has 0 saturated carbocycles. The van der Waals surface area contributed by atoms with Crippen molar-refractivity contribution in [2.24, 2.45) is 5.73 Å². The van der Waals surface area contributed by atoms with Gasteiger partial charge in [0, 0.05) is 0 Å². The lowest BCUT2D eigenvalue weighted by atomic mass is 10.3. The molecule has 0 aromatic rings. The maximum Gasteiger partial charge on any atom is 0.229 e. The van der Waals surface area contributed by atoms with Gasteiger partial charge in [0.25, 0.3) is 0 Å². The Morgan fingerprint density at radius 3 is 2.70 bits per heavy atom. The summed E-state index contributed by atoms with van der Waals surface area (Å²) in [7, 11) is 0. The predicted molar refractivity (Wildman–Crippen MR) is 40.1 cm³/mol. The summed E-state index contributed by atoms with van der Waals surface area (Å²) in [5.41, 5.74) is 5.36. The Morgan fingerprint density at radius 1 is 1.70 bits per heavy atom. The van der Waals surface area contributed by atoms with E-state index in [0.29, 0.717) is 11.5 Å². The smallest absolute Gasteiger partial charge is 0.229 e. The third-order valence-electron chi connectivity index (χ3n) is 0.975. The Labute approximate surface area is 63.3 Å². The van der Waals surface area contributed by atoms with Gasteiger partial charge < -0.3 is 21.8 Å². The molecule has 0 aromatic heterocycles. The molecule has 0 radical (unpaired) electrons. The molecule has 1 fully saturated rings. The highest BCUT2D eigenvalue weighted by Gasteiger charge is 2.16. The van der Waals surface area contributed by atoms with Gasteiger partial charge in [-0.15, -0.1) is 0 Å². The number of amides is 1.